The highest BCUT2D eigenvalue weighted by atomic mass is 19.3. The van der Waals surface area contributed by atoms with E-state index < -0.39 is 24.7 Å². The fraction of sp³-hybridized carbons (Fsp3) is 0.333. The molecule has 0 aromatic heterocycles. The van der Waals surface area contributed by atoms with Gasteiger partial charge in [0.15, 0.2) is 11.5 Å². The Hall–Kier alpha value is -3.30. The SMILES string of the molecule is CC(=O)Nc1ccc(CN2CC(c3ccc(OC(F)F)c(OC(F)F)c3)CC2=O)cc1. The Labute approximate surface area is 175 Å². The number of amides is 2. The maximum absolute atomic E-state index is 12.7. The molecule has 2 amide bonds. The van der Waals surface area contributed by atoms with Crippen LogP contribution in [0.1, 0.15) is 30.4 Å². The molecule has 1 fully saturated rings. The Morgan fingerprint density at radius 2 is 1.71 bits per heavy atom. The molecule has 1 heterocycles. The van der Waals surface area contributed by atoms with Crippen molar-refractivity contribution >= 4 is 17.5 Å². The molecule has 3 rings (SSSR count). The average molecular weight is 440 g/mol. The van der Waals surface area contributed by atoms with E-state index in [1.54, 1.807) is 29.2 Å². The predicted octanol–water partition coefficient (Wildman–Crippen LogP) is 4.36. The van der Waals surface area contributed by atoms with Gasteiger partial charge < -0.3 is 19.7 Å². The number of hydrogen-bond donors (Lipinski definition) is 1. The van der Waals surface area contributed by atoms with E-state index in [4.69, 9.17) is 0 Å². The molecule has 0 spiro atoms. The van der Waals surface area contributed by atoms with Crippen LogP contribution in [0.5, 0.6) is 11.5 Å². The third-order valence-corrected chi connectivity index (χ3v) is 4.73. The van der Waals surface area contributed by atoms with Gasteiger partial charge in [0.25, 0.3) is 0 Å². The number of likely N-dealkylation sites (tertiary alicyclic amines) is 1. The third kappa shape index (κ3) is 6.09. The number of anilines is 1. The first-order chi connectivity index (χ1) is 14.7. The Morgan fingerprint density at radius 3 is 2.32 bits per heavy atom. The van der Waals surface area contributed by atoms with Crippen molar-refractivity contribution in [2.45, 2.75) is 39.0 Å². The topological polar surface area (TPSA) is 67.9 Å². The van der Waals surface area contributed by atoms with Crippen LogP contribution in [-0.2, 0) is 16.1 Å². The van der Waals surface area contributed by atoms with Crippen molar-refractivity contribution in [1.29, 1.82) is 0 Å². The molecule has 10 heteroatoms. The minimum atomic E-state index is -3.21. The highest BCUT2D eigenvalue weighted by molar-refractivity contribution is 5.88. The van der Waals surface area contributed by atoms with Crippen LogP contribution in [0.3, 0.4) is 0 Å². The van der Waals surface area contributed by atoms with Gasteiger partial charge in [-0.3, -0.25) is 9.59 Å². The van der Waals surface area contributed by atoms with E-state index in [0.29, 0.717) is 24.3 Å². The Balaban J connectivity index is 1.71. The lowest BCUT2D eigenvalue weighted by molar-refractivity contribution is -0.128. The van der Waals surface area contributed by atoms with Gasteiger partial charge in [-0.15, -0.1) is 0 Å². The van der Waals surface area contributed by atoms with E-state index in [0.717, 1.165) is 11.6 Å². The summed E-state index contributed by atoms with van der Waals surface area (Å²) < 4.78 is 58.9. The highest BCUT2D eigenvalue weighted by Gasteiger charge is 2.31. The number of benzene rings is 2. The summed E-state index contributed by atoms with van der Waals surface area (Å²) in [4.78, 5) is 25.2. The van der Waals surface area contributed by atoms with Crippen molar-refractivity contribution in [3.63, 3.8) is 0 Å². The molecule has 1 aliphatic heterocycles. The summed E-state index contributed by atoms with van der Waals surface area (Å²) >= 11 is 0. The van der Waals surface area contributed by atoms with Crippen LogP contribution < -0.4 is 14.8 Å². The summed E-state index contributed by atoms with van der Waals surface area (Å²) in [6, 6.07) is 10.8. The fourth-order valence-electron chi connectivity index (χ4n) is 3.43. The van der Waals surface area contributed by atoms with Gasteiger partial charge >= 0.3 is 13.2 Å². The first kappa shape index (κ1) is 22.4. The molecule has 0 radical (unpaired) electrons. The zero-order chi connectivity index (χ0) is 22.5. The molecular weight excluding hydrogens is 420 g/mol. The van der Waals surface area contributed by atoms with E-state index in [1.807, 2.05) is 0 Å². The average Bonchev–Trinajstić information content (AvgIpc) is 3.04. The molecule has 1 unspecified atom stereocenters. The molecule has 1 saturated heterocycles. The number of ether oxygens (including phenoxy) is 2. The first-order valence-electron chi connectivity index (χ1n) is 9.39. The van der Waals surface area contributed by atoms with Crippen molar-refractivity contribution in [3.05, 3.63) is 53.6 Å². The van der Waals surface area contributed by atoms with E-state index in [-0.39, 0.29) is 24.2 Å². The van der Waals surface area contributed by atoms with E-state index >= 15 is 0 Å². The van der Waals surface area contributed by atoms with Crippen molar-refractivity contribution < 1.29 is 36.6 Å². The van der Waals surface area contributed by atoms with Gasteiger partial charge in [-0.05, 0) is 35.4 Å². The van der Waals surface area contributed by atoms with Gasteiger partial charge in [-0.25, -0.2) is 0 Å². The largest absolute Gasteiger partial charge is 0.431 e. The van der Waals surface area contributed by atoms with Crippen LogP contribution in [0.2, 0.25) is 0 Å². The van der Waals surface area contributed by atoms with Crippen LogP contribution in [0.15, 0.2) is 42.5 Å². The second kappa shape index (κ2) is 9.67. The van der Waals surface area contributed by atoms with Gasteiger partial charge in [0, 0.05) is 38.0 Å². The molecule has 2 aromatic rings. The number of carbonyl (C=O) groups excluding carboxylic acids is 2. The lowest BCUT2D eigenvalue weighted by atomic mass is 9.98. The molecule has 6 nitrogen and oxygen atoms in total. The second-order valence-corrected chi connectivity index (χ2v) is 7.02. The fourth-order valence-corrected chi connectivity index (χ4v) is 3.43. The Morgan fingerprint density at radius 1 is 1.06 bits per heavy atom. The van der Waals surface area contributed by atoms with Gasteiger partial charge in [0.05, 0.1) is 0 Å². The molecule has 166 valence electrons. The molecule has 0 bridgehead atoms. The van der Waals surface area contributed by atoms with Crippen LogP contribution in [-0.4, -0.2) is 36.5 Å². The number of nitrogens with one attached hydrogen (secondary N) is 1. The first-order valence-corrected chi connectivity index (χ1v) is 9.39. The lowest BCUT2D eigenvalue weighted by Crippen LogP contribution is -2.24. The number of halogens is 4. The minimum absolute atomic E-state index is 0.125. The standard InChI is InChI=1S/C21H20F4N2O4/c1-12(28)26-16-5-2-13(3-6-16)10-27-11-15(9-19(27)29)14-4-7-17(30-20(22)23)18(8-14)31-21(24)25/h2-8,15,20-21H,9-11H2,1H3,(H,26,28). The summed E-state index contributed by atoms with van der Waals surface area (Å²) in [6.45, 7) is -4.33. The number of nitrogens with zero attached hydrogens (tertiary/aromatic N) is 1. The smallest absolute Gasteiger partial charge is 0.387 e. The normalized spacial score (nSPS) is 16.2. The van der Waals surface area contributed by atoms with Gasteiger partial charge in [-0.2, -0.15) is 17.6 Å². The molecule has 2 aromatic carbocycles. The molecule has 0 saturated carbocycles. The molecule has 1 aliphatic rings. The van der Waals surface area contributed by atoms with Crippen LogP contribution in [0.4, 0.5) is 23.2 Å². The lowest BCUT2D eigenvalue weighted by Gasteiger charge is -2.18. The van der Waals surface area contributed by atoms with Gasteiger partial charge in [-0.1, -0.05) is 18.2 Å². The summed E-state index contributed by atoms with van der Waals surface area (Å²) in [7, 11) is 0. The van der Waals surface area contributed by atoms with E-state index in [9.17, 15) is 27.2 Å². The number of carbonyl (C=O) groups is 2. The van der Waals surface area contributed by atoms with E-state index in [1.165, 1.54) is 19.1 Å². The predicted molar refractivity (Wildman–Crippen MR) is 103 cm³/mol. The maximum atomic E-state index is 12.7. The maximum Gasteiger partial charge on any atom is 0.387 e. The molecule has 1 N–H and O–H groups in total. The number of rotatable bonds is 8. The number of alkyl halides is 4. The van der Waals surface area contributed by atoms with Gasteiger partial charge in [0.2, 0.25) is 11.8 Å². The summed E-state index contributed by atoms with van der Waals surface area (Å²) in [5.74, 6) is -1.64. The third-order valence-electron chi connectivity index (χ3n) is 4.73. The Bertz CT molecular complexity index is 937. The summed E-state index contributed by atoms with van der Waals surface area (Å²) in [5.41, 5.74) is 2.00. The quantitative estimate of drug-likeness (QED) is 0.620. The van der Waals surface area contributed by atoms with Crippen molar-refractivity contribution in [3.8, 4) is 11.5 Å². The van der Waals surface area contributed by atoms with Crippen molar-refractivity contribution in [2.24, 2.45) is 0 Å². The molecule has 31 heavy (non-hydrogen) atoms. The van der Waals surface area contributed by atoms with E-state index in [2.05, 4.69) is 14.8 Å². The summed E-state index contributed by atoms with van der Waals surface area (Å²) in [6.07, 6.45) is 0.146. The minimum Gasteiger partial charge on any atom is -0.431 e. The zero-order valence-corrected chi connectivity index (χ0v) is 16.5. The highest BCUT2D eigenvalue weighted by Crippen LogP contribution is 2.37. The molecular formula is C21H20F4N2O4. The number of hydrogen-bond acceptors (Lipinski definition) is 4. The Kier molecular flexibility index (Phi) is 6.98. The second-order valence-electron chi connectivity index (χ2n) is 7.02. The van der Waals surface area contributed by atoms with Gasteiger partial charge in [0.1, 0.15) is 0 Å². The molecule has 1 atom stereocenters. The molecule has 0 aliphatic carbocycles. The van der Waals surface area contributed by atoms with Crippen LogP contribution >= 0.6 is 0 Å². The monoisotopic (exact) mass is 440 g/mol. The van der Waals surface area contributed by atoms with Crippen LogP contribution in [0, 0.1) is 0 Å². The van der Waals surface area contributed by atoms with Crippen LogP contribution in [0.25, 0.3) is 0 Å². The van der Waals surface area contributed by atoms with Crippen molar-refractivity contribution in [1.82, 2.24) is 4.90 Å². The summed E-state index contributed by atoms with van der Waals surface area (Å²) in [5, 5.41) is 2.66. The van der Waals surface area contributed by atoms with Crippen molar-refractivity contribution in [2.75, 3.05) is 11.9 Å². The zero-order valence-electron chi connectivity index (χ0n) is 16.5.